The first-order valence-electron chi connectivity index (χ1n) is 8.80. The van der Waals surface area contributed by atoms with Gasteiger partial charge in [-0.15, -0.1) is 0 Å². The highest BCUT2D eigenvalue weighted by Crippen LogP contribution is 2.17. The first-order valence-corrected chi connectivity index (χ1v) is 15.8. The quantitative estimate of drug-likeness (QED) is 0.732. The number of hydrogen-bond donors (Lipinski definition) is 0. The summed E-state index contributed by atoms with van der Waals surface area (Å²) in [5.74, 6) is 0. The smallest absolute Gasteiger partial charge is 0.0656 e. The number of hydrogen-bond acceptors (Lipinski definition) is 0. The van der Waals surface area contributed by atoms with E-state index in [9.17, 15) is 0 Å². The zero-order valence-electron chi connectivity index (χ0n) is 15.8. The maximum atomic E-state index is 2.43. The van der Waals surface area contributed by atoms with Gasteiger partial charge in [0, 0.05) is 0 Å². The van der Waals surface area contributed by atoms with E-state index in [1.165, 1.54) is 31.3 Å². The fourth-order valence-corrected chi connectivity index (χ4v) is 6.58. The second kappa shape index (κ2) is 6.01. The van der Waals surface area contributed by atoms with Crippen molar-refractivity contribution in [2.75, 3.05) is 0 Å². The third-order valence-electron chi connectivity index (χ3n) is 4.68. The summed E-state index contributed by atoms with van der Waals surface area (Å²) in [5.41, 5.74) is 0. The molecule has 24 heavy (non-hydrogen) atoms. The van der Waals surface area contributed by atoms with Crippen LogP contribution in [0.2, 0.25) is 39.3 Å². The Balaban J connectivity index is 2.52. The van der Waals surface area contributed by atoms with E-state index in [1.807, 2.05) is 0 Å². The molecule has 4 aliphatic rings. The van der Waals surface area contributed by atoms with Gasteiger partial charge in [-0.25, -0.2) is 0 Å². The van der Waals surface area contributed by atoms with Gasteiger partial charge in [0.2, 0.25) is 0 Å². The average molecular weight is 349 g/mol. The fraction of sp³-hybridized carbons (Fsp3) is 0.273. The summed E-state index contributed by atoms with van der Waals surface area (Å²) in [7, 11) is -2.84. The molecule has 0 heterocycles. The lowest BCUT2D eigenvalue weighted by Crippen LogP contribution is -2.32. The van der Waals surface area contributed by atoms with E-state index in [-0.39, 0.29) is 0 Å². The van der Waals surface area contributed by atoms with Crippen molar-refractivity contribution in [2.45, 2.75) is 39.3 Å². The largest absolute Gasteiger partial charge is 0.0784 e. The van der Waals surface area contributed by atoms with Gasteiger partial charge in [0.25, 0.3) is 0 Å². The lowest BCUT2D eigenvalue weighted by Gasteiger charge is -2.20. The zero-order valence-corrected chi connectivity index (χ0v) is 17.8. The molecule has 0 saturated carbocycles. The van der Waals surface area contributed by atoms with Gasteiger partial charge >= 0.3 is 0 Å². The monoisotopic (exact) mass is 348 g/mol. The molecule has 0 atom stereocenters. The molecule has 2 heteroatoms. The standard InChI is InChI=1S/C22H28Si2/c1-23(2,3)21-15-17-7-9-18(10-8-17)16-22(24(4,5)6)20-13-11-19(21)12-14-20/h7-16H,1-6H3. The van der Waals surface area contributed by atoms with Crippen molar-refractivity contribution in [1.29, 1.82) is 0 Å². The molecule has 4 aliphatic carbocycles. The normalized spacial score (nSPS) is 14.8. The molecule has 2 aromatic rings. The highest BCUT2D eigenvalue weighted by atomic mass is 28.3. The Hall–Kier alpha value is -1.65. The van der Waals surface area contributed by atoms with Gasteiger partial charge in [-0.3, -0.25) is 0 Å². The van der Waals surface area contributed by atoms with Crippen molar-refractivity contribution < 1.29 is 0 Å². The Kier molecular flexibility index (Phi) is 4.31. The van der Waals surface area contributed by atoms with E-state index >= 15 is 0 Å². The average Bonchev–Trinajstić information content (AvgIpc) is 2.47. The van der Waals surface area contributed by atoms with Crippen molar-refractivity contribution in [3.05, 3.63) is 69.4 Å². The fourth-order valence-electron chi connectivity index (χ4n) is 3.32. The number of benzene rings is 2. The molecule has 0 nitrogen and oxygen atoms in total. The van der Waals surface area contributed by atoms with Crippen molar-refractivity contribution in [3.63, 3.8) is 0 Å². The lowest BCUT2D eigenvalue weighted by atomic mass is 10.1. The SMILES string of the molecule is C[Si](C)(C)C1=c2ccc(cc2)=C([Si](C)(C)C)C=c2ccc(cc2)=C1. The van der Waals surface area contributed by atoms with Crippen LogP contribution in [0.15, 0.2) is 48.5 Å². The van der Waals surface area contributed by atoms with Gasteiger partial charge in [-0.05, 0) is 20.9 Å². The Labute approximate surface area is 147 Å². The van der Waals surface area contributed by atoms with Gasteiger partial charge in [0.05, 0.1) is 16.1 Å². The molecule has 0 saturated heterocycles. The van der Waals surface area contributed by atoms with Crippen molar-refractivity contribution in [3.8, 4) is 0 Å². The molecular formula is C22H28Si2. The highest BCUT2D eigenvalue weighted by Gasteiger charge is 2.20. The zero-order chi connectivity index (χ0) is 17.5. The van der Waals surface area contributed by atoms with Crippen LogP contribution in [0.3, 0.4) is 0 Å². The molecule has 2 aromatic carbocycles. The van der Waals surface area contributed by atoms with Crippen LogP contribution in [0.1, 0.15) is 0 Å². The van der Waals surface area contributed by atoms with Crippen molar-refractivity contribution in [2.24, 2.45) is 0 Å². The molecule has 0 fully saturated rings. The van der Waals surface area contributed by atoms with Crippen LogP contribution in [0.5, 0.6) is 0 Å². The van der Waals surface area contributed by atoms with E-state index in [0.29, 0.717) is 0 Å². The molecule has 0 N–H and O–H groups in total. The van der Waals surface area contributed by atoms with Gasteiger partial charge < -0.3 is 0 Å². The molecule has 6 rings (SSSR count). The van der Waals surface area contributed by atoms with Crippen LogP contribution >= 0.6 is 0 Å². The van der Waals surface area contributed by atoms with Crippen LogP contribution in [-0.2, 0) is 0 Å². The van der Waals surface area contributed by atoms with Gasteiger partial charge in [-0.2, -0.15) is 0 Å². The van der Waals surface area contributed by atoms with E-state index in [4.69, 9.17) is 0 Å². The van der Waals surface area contributed by atoms with E-state index in [1.54, 1.807) is 0 Å². The summed E-state index contributed by atoms with van der Waals surface area (Å²) in [5, 5.41) is 8.45. The maximum Gasteiger partial charge on any atom is 0.0784 e. The van der Waals surface area contributed by atoms with Crippen LogP contribution in [-0.4, -0.2) is 16.1 Å². The van der Waals surface area contributed by atoms with Crippen molar-refractivity contribution in [1.82, 2.24) is 0 Å². The topological polar surface area (TPSA) is 0 Å². The van der Waals surface area contributed by atoms with Gasteiger partial charge in [0.15, 0.2) is 0 Å². The van der Waals surface area contributed by atoms with Gasteiger partial charge in [0.1, 0.15) is 0 Å². The maximum absolute atomic E-state index is 2.43. The summed E-state index contributed by atoms with van der Waals surface area (Å²) < 4.78 is 0. The first kappa shape index (κ1) is 17.2. The molecule has 0 spiro atoms. The molecule has 0 amide bonds. The summed E-state index contributed by atoms with van der Waals surface area (Å²) in [6.07, 6.45) is 4.80. The summed E-state index contributed by atoms with van der Waals surface area (Å²) >= 11 is 0. The van der Waals surface area contributed by atoms with E-state index < -0.39 is 16.1 Å². The molecular weight excluding hydrogens is 320 g/mol. The van der Waals surface area contributed by atoms with Crippen LogP contribution in [0.4, 0.5) is 0 Å². The molecule has 4 bridgehead atoms. The predicted molar refractivity (Wildman–Crippen MR) is 114 cm³/mol. The first-order chi connectivity index (χ1) is 11.1. The van der Waals surface area contributed by atoms with Crippen LogP contribution < -0.4 is 20.9 Å². The molecule has 0 aromatic heterocycles. The third kappa shape index (κ3) is 3.55. The van der Waals surface area contributed by atoms with Crippen LogP contribution in [0, 0.1) is 0 Å². The molecule has 0 radical (unpaired) electrons. The minimum Gasteiger partial charge on any atom is -0.0656 e. The van der Waals surface area contributed by atoms with E-state index in [2.05, 4.69) is 100.0 Å². The lowest BCUT2D eigenvalue weighted by molar-refractivity contribution is 1.50. The minimum atomic E-state index is -1.42. The van der Waals surface area contributed by atoms with Crippen molar-refractivity contribution >= 4 is 38.7 Å². The third-order valence-corrected chi connectivity index (χ3v) is 8.78. The Morgan fingerprint density at radius 3 is 1.00 bits per heavy atom. The minimum absolute atomic E-state index is 1.31. The summed E-state index contributed by atoms with van der Waals surface area (Å²) in [4.78, 5) is 0. The summed E-state index contributed by atoms with van der Waals surface area (Å²) in [6, 6.07) is 18.4. The summed E-state index contributed by atoms with van der Waals surface area (Å²) in [6.45, 7) is 14.6. The Bertz CT molecular complexity index is 883. The number of rotatable bonds is 2. The molecule has 124 valence electrons. The van der Waals surface area contributed by atoms with E-state index in [0.717, 1.165) is 0 Å². The molecule has 0 aliphatic heterocycles. The second-order valence-corrected chi connectivity index (χ2v) is 18.9. The van der Waals surface area contributed by atoms with Gasteiger partial charge in [-0.1, -0.05) is 110 Å². The Morgan fingerprint density at radius 2 is 0.750 bits per heavy atom. The highest BCUT2D eigenvalue weighted by molar-refractivity contribution is 6.95. The predicted octanol–water partition coefficient (Wildman–Crippen LogP) is 3.02. The Morgan fingerprint density at radius 1 is 0.458 bits per heavy atom. The molecule has 0 unspecified atom stereocenters. The van der Waals surface area contributed by atoms with Crippen LogP contribution in [0.25, 0.3) is 22.5 Å². The second-order valence-electron chi connectivity index (χ2n) is 8.86.